The highest BCUT2D eigenvalue weighted by Crippen LogP contribution is 2.27. The topological polar surface area (TPSA) is 35.2 Å². The average Bonchev–Trinajstić information content (AvgIpc) is 2.38. The van der Waals surface area contributed by atoms with Crippen LogP contribution in [0.25, 0.3) is 0 Å². The Kier molecular flexibility index (Phi) is 4.80. The van der Waals surface area contributed by atoms with Crippen molar-refractivity contribution >= 4 is 27.5 Å². The summed E-state index contributed by atoms with van der Waals surface area (Å²) in [5.41, 5.74) is 6.50. The second-order valence-electron chi connectivity index (χ2n) is 3.97. The molecule has 0 saturated carbocycles. The molecule has 2 aromatic carbocycles. The molecular formula is C14H12BrClFNO. The molecule has 0 spiro atoms. The van der Waals surface area contributed by atoms with Crippen LogP contribution in [0, 0.1) is 5.82 Å². The van der Waals surface area contributed by atoms with E-state index < -0.39 is 11.9 Å². The highest BCUT2D eigenvalue weighted by atomic mass is 79.9. The van der Waals surface area contributed by atoms with Crippen molar-refractivity contribution in [1.29, 1.82) is 0 Å². The Bertz CT molecular complexity index is 579. The van der Waals surface area contributed by atoms with Gasteiger partial charge in [0, 0.05) is 16.0 Å². The minimum absolute atomic E-state index is 0.165. The second-order valence-corrected chi connectivity index (χ2v) is 5.32. The van der Waals surface area contributed by atoms with Gasteiger partial charge in [-0.3, -0.25) is 0 Å². The third-order valence-corrected chi connectivity index (χ3v) is 3.33. The molecule has 19 heavy (non-hydrogen) atoms. The lowest BCUT2D eigenvalue weighted by molar-refractivity contribution is 0.204. The predicted octanol–water partition coefficient (Wildman–Crippen LogP) is 4.32. The normalized spacial score (nSPS) is 12.2. The van der Waals surface area contributed by atoms with Crippen LogP contribution in [0.4, 0.5) is 4.39 Å². The van der Waals surface area contributed by atoms with E-state index in [0.29, 0.717) is 9.50 Å². The zero-order valence-corrected chi connectivity index (χ0v) is 12.3. The van der Waals surface area contributed by atoms with E-state index in [0.717, 1.165) is 5.56 Å². The lowest BCUT2D eigenvalue weighted by Gasteiger charge is -2.18. The first-order valence-corrected chi connectivity index (χ1v) is 6.84. The number of halogens is 3. The Balaban J connectivity index is 2.24. The van der Waals surface area contributed by atoms with Crippen LogP contribution in [0.3, 0.4) is 0 Å². The minimum Gasteiger partial charge on any atom is -0.481 e. The maximum atomic E-state index is 13.7. The van der Waals surface area contributed by atoms with Gasteiger partial charge in [0.05, 0.1) is 0 Å². The van der Waals surface area contributed by atoms with Crippen LogP contribution in [-0.4, -0.2) is 6.54 Å². The van der Waals surface area contributed by atoms with Gasteiger partial charge in [-0.25, -0.2) is 4.39 Å². The highest BCUT2D eigenvalue weighted by Gasteiger charge is 2.14. The summed E-state index contributed by atoms with van der Waals surface area (Å²) < 4.78 is 20.0. The zero-order valence-electron chi connectivity index (χ0n) is 9.95. The smallest absolute Gasteiger partial charge is 0.166 e. The molecule has 0 bridgehead atoms. The standard InChI is InChI=1S/C14H12BrClFNO/c15-10-4-5-13(12(17)7-10)19-14(8-18)9-2-1-3-11(16)6-9/h1-7,14H,8,18H2. The summed E-state index contributed by atoms with van der Waals surface area (Å²) in [7, 11) is 0. The maximum Gasteiger partial charge on any atom is 0.166 e. The first-order valence-electron chi connectivity index (χ1n) is 5.67. The second kappa shape index (κ2) is 6.37. The van der Waals surface area contributed by atoms with Crippen LogP contribution in [0.5, 0.6) is 5.75 Å². The van der Waals surface area contributed by atoms with Gasteiger partial charge in [-0.2, -0.15) is 0 Å². The van der Waals surface area contributed by atoms with E-state index in [1.54, 1.807) is 24.3 Å². The van der Waals surface area contributed by atoms with Crippen LogP contribution in [0.1, 0.15) is 11.7 Å². The number of nitrogens with two attached hydrogens (primary N) is 1. The molecule has 0 saturated heterocycles. The molecule has 0 aliphatic heterocycles. The molecule has 0 radical (unpaired) electrons. The quantitative estimate of drug-likeness (QED) is 0.896. The number of hydrogen-bond donors (Lipinski definition) is 1. The molecule has 2 nitrogen and oxygen atoms in total. The first kappa shape index (κ1) is 14.3. The van der Waals surface area contributed by atoms with Crippen LogP contribution in [-0.2, 0) is 0 Å². The van der Waals surface area contributed by atoms with E-state index in [9.17, 15) is 4.39 Å². The van der Waals surface area contributed by atoms with Crippen molar-refractivity contribution in [2.75, 3.05) is 6.54 Å². The largest absolute Gasteiger partial charge is 0.481 e. The molecule has 0 aromatic heterocycles. The lowest BCUT2D eigenvalue weighted by atomic mass is 10.1. The fraction of sp³-hybridized carbons (Fsp3) is 0.143. The van der Waals surface area contributed by atoms with Crippen molar-refractivity contribution in [2.45, 2.75) is 6.10 Å². The van der Waals surface area contributed by atoms with Gasteiger partial charge >= 0.3 is 0 Å². The number of benzene rings is 2. The molecule has 0 aliphatic rings. The van der Waals surface area contributed by atoms with E-state index in [1.165, 1.54) is 6.07 Å². The average molecular weight is 345 g/mol. The Morgan fingerprint density at radius 2 is 2.05 bits per heavy atom. The Morgan fingerprint density at radius 3 is 2.68 bits per heavy atom. The number of ether oxygens (including phenoxy) is 1. The van der Waals surface area contributed by atoms with Crippen molar-refractivity contribution in [2.24, 2.45) is 5.73 Å². The Hall–Kier alpha value is -1.10. The van der Waals surface area contributed by atoms with E-state index in [4.69, 9.17) is 22.1 Å². The molecule has 2 rings (SSSR count). The summed E-state index contributed by atoms with van der Waals surface area (Å²) >= 11 is 9.12. The van der Waals surface area contributed by atoms with Gasteiger partial charge in [0.2, 0.25) is 0 Å². The van der Waals surface area contributed by atoms with Crippen LogP contribution >= 0.6 is 27.5 Å². The summed E-state index contributed by atoms with van der Waals surface area (Å²) in [6.45, 7) is 0.232. The SMILES string of the molecule is NCC(Oc1ccc(Br)cc1F)c1cccc(Cl)c1. The molecule has 100 valence electrons. The van der Waals surface area contributed by atoms with Crippen LogP contribution in [0.15, 0.2) is 46.9 Å². The summed E-state index contributed by atoms with van der Waals surface area (Å²) in [5, 5.41) is 0.593. The van der Waals surface area contributed by atoms with Crippen molar-refractivity contribution < 1.29 is 9.13 Å². The van der Waals surface area contributed by atoms with E-state index in [2.05, 4.69) is 15.9 Å². The Morgan fingerprint density at radius 1 is 1.26 bits per heavy atom. The lowest BCUT2D eigenvalue weighted by Crippen LogP contribution is -2.18. The van der Waals surface area contributed by atoms with Gasteiger partial charge in [-0.15, -0.1) is 0 Å². The van der Waals surface area contributed by atoms with Crippen LogP contribution < -0.4 is 10.5 Å². The van der Waals surface area contributed by atoms with Gasteiger partial charge < -0.3 is 10.5 Å². The molecule has 2 aromatic rings. The van der Waals surface area contributed by atoms with Gasteiger partial charge in [-0.1, -0.05) is 39.7 Å². The molecule has 0 amide bonds. The first-order chi connectivity index (χ1) is 9.10. The van der Waals surface area contributed by atoms with Crippen molar-refractivity contribution in [3.05, 3.63) is 63.3 Å². The molecule has 5 heteroatoms. The van der Waals surface area contributed by atoms with Crippen molar-refractivity contribution in [3.8, 4) is 5.75 Å². The fourth-order valence-electron chi connectivity index (χ4n) is 1.68. The maximum absolute atomic E-state index is 13.7. The van der Waals surface area contributed by atoms with Crippen LogP contribution in [0.2, 0.25) is 5.02 Å². The fourth-order valence-corrected chi connectivity index (χ4v) is 2.22. The highest BCUT2D eigenvalue weighted by molar-refractivity contribution is 9.10. The summed E-state index contributed by atoms with van der Waals surface area (Å²) in [5.74, 6) is -0.270. The molecule has 2 N–H and O–H groups in total. The van der Waals surface area contributed by atoms with Gasteiger partial charge in [0.15, 0.2) is 11.6 Å². The molecule has 1 atom stereocenters. The monoisotopic (exact) mass is 343 g/mol. The third-order valence-electron chi connectivity index (χ3n) is 2.60. The number of hydrogen-bond acceptors (Lipinski definition) is 2. The van der Waals surface area contributed by atoms with Gasteiger partial charge in [0.25, 0.3) is 0 Å². The summed E-state index contributed by atoms with van der Waals surface area (Å²) in [4.78, 5) is 0. The molecule has 1 unspecified atom stereocenters. The molecule has 0 aliphatic carbocycles. The minimum atomic E-state index is -0.436. The predicted molar refractivity (Wildman–Crippen MR) is 78.0 cm³/mol. The van der Waals surface area contributed by atoms with Gasteiger partial charge in [0.1, 0.15) is 6.10 Å². The molecule has 0 fully saturated rings. The van der Waals surface area contributed by atoms with E-state index in [1.807, 2.05) is 12.1 Å². The van der Waals surface area contributed by atoms with E-state index >= 15 is 0 Å². The van der Waals surface area contributed by atoms with Crippen molar-refractivity contribution in [3.63, 3.8) is 0 Å². The summed E-state index contributed by atoms with van der Waals surface area (Å²) in [6, 6.07) is 11.8. The Labute approximate surface area is 124 Å². The molecule has 0 heterocycles. The summed E-state index contributed by atoms with van der Waals surface area (Å²) in [6.07, 6.45) is -0.436. The van der Waals surface area contributed by atoms with Crippen molar-refractivity contribution in [1.82, 2.24) is 0 Å². The molecular weight excluding hydrogens is 333 g/mol. The van der Waals surface area contributed by atoms with Gasteiger partial charge in [-0.05, 0) is 35.9 Å². The van der Waals surface area contributed by atoms with E-state index in [-0.39, 0.29) is 12.3 Å². The third kappa shape index (κ3) is 3.69. The zero-order chi connectivity index (χ0) is 13.8. The number of rotatable bonds is 4.